The SMILES string of the molecule is COc1cc(C(=O)NCCC(C)C)c(N(Cc2ccc(Cl)cc2)S(C)(=O)=O)cc1OC. The van der Waals surface area contributed by atoms with Gasteiger partial charge in [0, 0.05) is 17.6 Å². The number of methoxy groups -OCH3 is 2. The molecule has 2 aromatic rings. The third-order valence-electron chi connectivity index (χ3n) is 4.66. The molecule has 31 heavy (non-hydrogen) atoms. The molecule has 9 heteroatoms. The number of nitrogens with one attached hydrogen (secondary N) is 1. The highest BCUT2D eigenvalue weighted by Crippen LogP contribution is 2.37. The van der Waals surface area contributed by atoms with Crippen molar-refractivity contribution in [1.29, 1.82) is 0 Å². The normalized spacial score (nSPS) is 11.3. The summed E-state index contributed by atoms with van der Waals surface area (Å²) in [6, 6.07) is 9.86. The summed E-state index contributed by atoms with van der Waals surface area (Å²) >= 11 is 5.95. The van der Waals surface area contributed by atoms with Gasteiger partial charge in [-0.05, 0) is 36.1 Å². The number of carbonyl (C=O) groups excluding carboxylic acids is 1. The molecule has 0 unspecified atom stereocenters. The fourth-order valence-corrected chi connectivity index (χ4v) is 3.98. The summed E-state index contributed by atoms with van der Waals surface area (Å²) in [4.78, 5) is 13.0. The Balaban J connectivity index is 2.56. The second-order valence-corrected chi connectivity index (χ2v) is 9.90. The van der Waals surface area contributed by atoms with Crippen LogP contribution in [0.2, 0.25) is 5.02 Å². The maximum Gasteiger partial charge on any atom is 0.253 e. The van der Waals surface area contributed by atoms with Crippen LogP contribution in [0, 0.1) is 5.92 Å². The lowest BCUT2D eigenvalue weighted by atomic mass is 10.1. The fourth-order valence-electron chi connectivity index (χ4n) is 2.96. The van der Waals surface area contributed by atoms with Gasteiger partial charge in [-0.1, -0.05) is 37.6 Å². The molecule has 0 heterocycles. The van der Waals surface area contributed by atoms with E-state index in [1.165, 1.54) is 30.7 Å². The molecular formula is C22H29ClN2O5S. The lowest BCUT2D eigenvalue weighted by Gasteiger charge is -2.26. The van der Waals surface area contributed by atoms with E-state index in [0.717, 1.165) is 18.2 Å². The first-order chi connectivity index (χ1) is 14.6. The Hall–Kier alpha value is -2.45. The lowest BCUT2D eigenvalue weighted by molar-refractivity contribution is 0.0952. The summed E-state index contributed by atoms with van der Waals surface area (Å²) in [6.07, 6.45) is 1.90. The van der Waals surface area contributed by atoms with Crippen LogP contribution in [0.15, 0.2) is 36.4 Å². The highest BCUT2D eigenvalue weighted by Gasteiger charge is 2.26. The summed E-state index contributed by atoms with van der Waals surface area (Å²) < 4.78 is 37.3. The number of rotatable bonds is 10. The van der Waals surface area contributed by atoms with E-state index in [4.69, 9.17) is 21.1 Å². The summed E-state index contributed by atoms with van der Waals surface area (Å²) in [5.41, 5.74) is 1.11. The second-order valence-electron chi connectivity index (χ2n) is 7.56. The van der Waals surface area contributed by atoms with Crippen molar-refractivity contribution in [3.63, 3.8) is 0 Å². The molecule has 0 fully saturated rings. The molecule has 1 amide bonds. The van der Waals surface area contributed by atoms with Gasteiger partial charge < -0.3 is 14.8 Å². The van der Waals surface area contributed by atoms with E-state index < -0.39 is 10.0 Å². The van der Waals surface area contributed by atoms with E-state index >= 15 is 0 Å². The van der Waals surface area contributed by atoms with Gasteiger partial charge in [-0.25, -0.2) is 8.42 Å². The number of nitrogens with zero attached hydrogens (tertiary/aromatic N) is 1. The molecule has 170 valence electrons. The van der Waals surface area contributed by atoms with Gasteiger partial charge >= 0.3 is 0 Å². The molecular weight excluding hydrogens is 440 g/mol. The molecule has 0 saturated carbocycles. The molecule has 0 aliphatic rings. The van der Waals surface area contributed by atoms with Crippen LogP contribution in [0.4, 0.5) is 5.69 Å². The molecule has 1 N–H and O–H groups in total. The summed E-state index contributed by atoms with van der Waals surface area (Å²) in [6.45, 7) is 4.62. The predicted octanol–water partition coefficient (Wildman–Crippen LogP) is 4.10. The van der Waals surface area contributed by atoms with Gasteiger partial charge in [0.05, 0.1) is 38.3 Å². The zero-order chi connectivity index (χ0) is 23.2. The van der Waals surface area contributed by atoms with Gasteiger partial charge in [0.2, 0.25) is 10.0 Å². The number of hydrogen-bond donors (Lipinski definition) is 1. The van der Waals surface area contributed by atoms with Gasteiger partial charge in [0.25, 0.3) is 5.91 Å². The predicted molar refractivity (Wildman–Crippen MR) is 124 cm³/mol. The van der Waals surface area contributed by atoms with Crippen LogP contribution >= 0.6 is 11.6 Å². The van der Waals surface area contributed by atoms with Crippen LogP contribution < -0.4 is 19.1 Å². The zero-order valence-corrected chi connectivity index (χ0v) is 20.0. The number of halogens is 1. The third kappa shape index (κ3) is 6.77. The lowest BCUT2D eigenvalue weighted by Crippen LogP contribution is -2.33. The largest absolute Gasteiger partial charge is 0.493 e. The van der Waals surface area contributed by atoms with E-state index in [0.29, 0.717) is 29.0 Å². The fraction of sp³-hybridized carbons (Fsp3) is 0.409. The van der Waals surface area contributed by atoms with E-state index in [1.807, 2.05) is 0 Å². The minimum absolute atomic E-state index is 0.0256. The Morgan fingerprint density at radius 3 is 2.19 bits per heavy atom. The van der Waals surface area contributed by atoms with Crippen molar-refractivity contribution in [3.8, 4) is 11.5 Å². The summed E-state index contributed by atoms with van der Waals surface area (Å²) in [7, 11) is -0.826. The standard InChI is InChI=1S/C22H29ClN2O5S/c1-15(2)10-11-24-22(26)18-12-20(29-3)21(30-4)13-19(18)25(31(5,27)28)14-16-6-8-17(23)9-7-16/h6-9,12-13,15H,10-11,14H2,1-5H3,(H,24,26). The number of ether oxygens (including phenoxy) is 2. The Morgan fingerprint density at radius 2 is 1.68 bits per heavy atom. The molecule has 7 nitrogen and oxygen atoms in total. The molecule has 0 spiro atoms. The average Bonchev–Trinajstić information content (AvgIpc) is 2.71. The summed E-state index contributed by atoms with van der Waals surface area (Å²) in [5.74, 6) is 0.685. The van der Waals surface area contributed by atoms with Crippen molar-refractivity contribution in [1.82, 2.24) is 5.32 Å². The number of benzene rings is 2. The molecule has 0 aromatic heterocycles. The first kappa shape index (κ1) is 24.8. The minimum Gasteiger partial charge on any atom is -0.493 e. The number of hydrogen-bond acceptors (Lipinski definition) is 5. The molecule has 2 aromatic carbocycles. The first-order valence-corrected chi connectivity index (χ1v) is 12.1. The Labute approximate surface area is 189 Å². The van der Waals surface area contributed by atoms with E-state index in [-0.39, 0.29) is 23.7 Å². The van der Waals surface area contributed by atoms with E-state index in [9.17, 15) is 13.2 Å². The quantitative estimate of drug-likeness (QED) is 0.567. The topological polar surface area (TPSA) is 84.9 Å². The first-order valence-electron chi connectivity index (χ1n) is 9.83. The third-order valence-corrected chi connectivity index (χ3v) is 6.04. The maximum absolute atomic E-state index is 13.0. The van der Waals surface area contributed by atoms with Gasteiger partial charge in [-0.2, -0.15) is 0 Å². The van der Waals surface area contributed by atoms with Gasteiger partial charge in [-0.15, -0.1) is 0 Å². The summed E-state index contributed by atoms with van der Waals surface area (Å²) in [5, 5.41) is 3.41. The zero-order valence-electron chi connectivity index (χ0n) is 18.4. The molecule has 0 aliphatic carbocycles. The Kier molecular flexibility index (Phi) is 8.59. The minimum atomic E-state index is -3.74. The van der Waals surface area contributed by atoms with Crippen LogP contribution in [0.5, 0.6) is 11.5 Å². The van der Waals surface area contributed by atoms with Crippen LogP contribution in [-0.2, 0) is 16.6 Å². The second kappa shape index (κ2) is 10.7. The van der Waals surface area contributed by atoms with Gasteiger partial charge in [0.15, 0.2) is 11.5 Å². The van der Waals surface area contributed by atoms with Crippen molar-refractivity contribution in [2.24, 2.45) is 5.92 Å². The highest BCUT2D eigenvalue weighted by molar-refractivity contribution is 7.92. The van der Waals surface area contributed by atoms with Crippen molar-refractivity contribution in [3.05, 3.63) is 52.5 Å². The van der Waals surface area contributed by atoms with E-state index in [1.54, 1.807) is 24.3 Å². The maximum atomic E-state index is 13.0. The Morgan fingerprint density at radius 1 is 1.10 bits per heavy atom. The van der Waals surface area contributed by atoms with Gasteiger partial charge in [0.1, 0.15) is 0 Å². The van der Waals surface area contributed by atoms with Crippen LogP contribution in [0.25, 0.3) is 0 Å². The molecule has 0 atom stereocenters. The average molecular weight is 469 g/mol. The number of carbonyl (C=O) groups is 1. The smallest absolute Gasteiger partial charge is 0.253 e. The van der Waals surface area contributed by atoms with Crippen LogP contribution in [0.3, 0.4) is 0 Å². The number of sulfonamides is 1. The highest BCUT2D eigenvalue weighted by atomic mass is 35.5. The van der Waals surface area contributed by atoms with Crippen LogP contribution in [0.1, 0.15) is 36.2 Å². The number of anilines is 1. The Bertz CT molecular complexity index is 1010. The molecule has 0 saturated heterocycles. The van der Waals surface area contributed by atoms with Gasteiger partial charge in [-0.3, -0.25) is 9.10 Å². The monoisotopic (exact) mass is 468 g/mol. The molecule has 0 aliphatic heterocycles. The van der Waals surface area contributed by atoms with E-state index in [2.05, 4.69) is 19.2 Å². The van der Waals surface area contributed by atoms with Crippen molar-refractivity contribution in [2.45, 2.75) is 26.8 Å². The van der Waals surface area contributed by atoms with Crippen molar-refractivity contribution in [2.75, 3.05) is 31.3 Å². The molecule has 2 rings (SSSR count). The van der Waals surface area contributed by atoms with Crippen molar-refractivity contribution >= 4 is 33.2 Å². The molecule has 0 bridgehead atoms. The van der Waals surface area contributed by atoms with Crippen molar-refractivity contribution < 1.29 is 22.7 Å². The number of amides is 1. The van der Waals surface area contributed by atoms with Crippen LogP contribution in [-0.4, -0.2) is 41.3 Å². The molecule has 0 radical (unpaired) electrons.